The Hall–Kier alpha value is -1.46. The quantitative estimate of drug-likeness (QED) is 0.876. The van der Waals surface area contributed by atoms with Crippen LogP contribution in [0.2, 0.25) is 0 Å². The van der Waals surface area contributed by atoms with Crippen LogP contribution >= 0.6 is 11.3 Å². The fourth-order valence-corrected chi connectivity index (χ4v) is 3.10. The van der Waals surface area contributed by atoms with Gasteiger partial charge in [-0.05, 0) is 44.7 Å². The Morgan fingerprint density at radius 2 is 1.95 bits per heavy atom. The molecule has 20 heavy (non-hydrogen) atoms. The van der Waals surface area contributed by atoms with E-state index in [2.05, 4.69) is 29.0 Å². The average Bonchev–Trinajstić information content (AvgIpc) is 2.80. The maximum absolute atomic E-state index is 13.0. The van der Waals surface area contributed by atoms with Crippen LogP contribution in [0.1, 0.15) is 24.4 Å². The Morgan fingerprint density at radius 3 is 2.55 bits per heavy atom. The molecule has 1 N–H and O–H groups in total. The van der Waals surface area contributed by atoms with Crippen molar-refractivity contribution in [3.63, 3.8) is 0 Å². The van der Waals surface area contributed by atoms with Crippen LogP contribution in [-0.2, 0) is 6.54 Å². The summed E-state index contributed by atoms with van der Waals surface area (Å²) in [5.41, 5.74) is 2.03. The zero-order valence-corrected chi connectivity index (χ0v) is 12.9. The molecule has 0 unspecified atom stereocenters. The van der Waals surface area contributed by atoms with Crippen molar-refractivity contribution in [2.75, 3.05) is 18.0 Å². The molecule has 0 bridgehead atoms. The fourth-order valence-electron chi connectivity index (χ4n) is 1.98. The van der Waals surface area contributed by atoms with Gasteiger partial charge in [-0.3, -0.25) is 0 Å². The lowest BCUT2D eigenvalue weighted by Crippen LogP contribution is -2.15. The molecule has 2 aromatic rings. The second kappa shape index (κ2) is 6.81. The van der Waals surface area contributed by atoms with Crippen molar-refractivity contribution in [2.45, 2.75) is 27.3 Å². The highest BCUT2D eigenvalue weighted by molar-refractivity contribution is 7.15. The number of aryl methyl sites for hydroxylation is 1. The Morgan fingerprint density at radius 1 is 1.25 bits per heavy atom. The number of hydrogen-bond donors (Lipinski definition) is 1. The number of rotatable bonds is 6. The monoisotopic (exact) mass is 293 g/mol. The van der Waals surface area contributed by atoms with Gasteiger partial charge in [0.2, 0.25) is 0 Å². The highest BCUT2D eigenvalue weighted by atomic mass is 32.1. The predicted molar refractivity (Wildman–Crippen MR) is 83.3 cm³/mol. The minimum atomic E-state index is -0.215. The summed E-state index contributed by atoms with van der Waals surface area (Å²) in [6.45, 7) is 8.80. The van der Waals surface area contributed by atoms with E-state index >= 15 is 0 Å². The predicted octanol–water partition coefficient (Wildman–Crippen LogP) is 3.86. The molecule has 3 nitrogen and oxygen atoms in total. The summed E-state index contributed by atoms with van der Waals surface area (Å²) < 4.78 is 13.0. The first kappa shape index (κ1) is 14.9. The molecule has 2 rings (SSSR count). The zero-order chi connectivity index (χ0) is 14.5. The number of thiazole rings is 1. The van der Waals surface area contributed by atoms with Gasteiger partial charge in [-0.1, -0.05) is 18.3 Å². The molecule has 0 saturated heterocycles. The molecule has 0 amide bonds. The van der Waals surface area contributed by atoms with Gasteiger partial charge in [0.05, 0.1) is 5.69 Å². The van der Waals surface area contributed by atoms with E-state index in [1.807, 2.05) is 6.92 Å². The van der Waals surface area contributed by atoms with E-state index in [0.717, 1.165) is 36.1 Å². The van der Waals surface area contributed by atoms with Crippen molar-refractivity contribution >= 4 is 22.2 Å². The van der Waals surface area contributed by atoms with Crippen molar-refractivity contribution in [3.8, 4) is 0 Å². The fraction of sp³-hybridized carbons (Fsp3) is 0.400. The van der Waals surface area contributed by atoms with Crippen molar-refractivity contribution in [1.82, 2.24) is 10.3 Å². The van der Waals surface area contributed by atoms with E-state index in [-0.39, 0.29) is 5.82 Å². The molecular weight excluding hydrogens is 273 g/mol. The van der Waals surface area contributed by atoms with Crippen LogP contribution in [0.5, 0.6) is 0 Å². The lowest BCUT2D eigenvalue weighted by Gasteiger charge is -2.19. The van der Waals surface area contributed by atoms with Crippen molar-refractivity contribution in [1.29, 1.82) is 0 Å². The van der Waals surface area contributed by atoms with E-state index in [9.17, 15) is 4.39 Å². The lowest BCUT2D eigenvalue weighted by atomic mass is 10.3. The molecule has 0 radical (unpaired) electrons. The summed E-state index contributed by atoms with van der Waals surface area (Å²) in [4.78, 5) is 8.00. The summed E-state index contributed by atoms with van der Waals surface area (Å²) in [5.74, 6) is -0.215. The number of anilines is 2. The van der Waals surface area contributed by atoms with Gasteiger partial charge >= 0.3 is 0 Å². The lowest BCUT2D eigenvalue weighted by molar-refractivity contribution is 0.628. The molecule has 0 atom stereocenters. The van der Waals surface area contributed by atoms with Crippen LogP contribution in [0, 0.1) is 12.7 Å². The van der Waals surface area contributed by atoms with Crippen LogP contribution in [-0.4, -0.2) is 18.1 Å². The van der Waals surface area contributed by atoms with Gasteiger partial charge in [-0.25, -0.2) is 9.37 Å². The minimum absolute atomic E-state index is 0.215. The Bertz CT molecular complexity index is 551. The van der Waals surface area contributed by atoms with E-state index in [0.29, 0.717) is 0 Å². The largest absolute Gasteiger partial charge is 0.318 e. The third kappa shape index (κ3) is 3.35. The topological polar surface area (TPSA) is 28.2 Å². The van der Waals surface area contributed by atoms with Crippen molar-refractivity contribution in [3.05, 3.63) is 40.7 Å². The first-order valence-corrected chi connectivity index (χ1v) is 7.67. The molecule has 1 aromatic heterocycles. The summed E-state index contributed by atoms with van der Waals surface area (Å²) >= 11 is 1.69. The summed E-state index contributed by atoms with van der Waals surface area (Å²) in [6, 6.07) is 6.55. The maximum atomic E-state index is 13.0. The number of benzene rings is 1. The smallest absolute Gasteiger partial charge is 0.190 e. The first-order valence-electron chi connectivity index (χ1n) is 6.85. The SMILES string of the molecule is CCNCc1sc(N(CC)c2ccc(F)cc2)nc1C. The molecule has 1 heterocycles. The number of hydrogen-bond acceptors (Lipinski definition) is 4. The van der Waals surface area contributed by atoms with Gasteiger partial charge in [0, 0.05) is 23.7 Å². The Labute approximate surface area is 123 Å². The molecule has 0 spiro atoms. The normalized spacial score (nSPS) is 10.8. The summed E-state index contributed by atoms with van der Waals surface area (Å²) in [5, 5.41) is 4.29. The highest BCUT2D eigenvalue weighted by Gasteiger charge is 2.14. The highest BCUT2D eigenvalue weighted by Crippen LogP contribution is 2.31. The molecule has 0 fully saturated rings. The molecule has 0 saturated carbocycles. The standard InChI is InChI=1S/C15H20FN3S/c1-4-17-10-14-11(3)18-15(20-14)19(5-2)13-8-6-12(16)7-9-13/h6-9,17H,4-5,10H2,1-3H3. The second-order valence-electron chi connectivity index (χ2n) is 4.51. The van der Waals surface area contributed by atoms with Gasteiger partial charge in [0.25, 0.3) is 0 Å². The van der Waals surface area contributed by atoms with Gasteiger partial charge in [-0.2, -0.15) is 0 Å². The number of halogens is 1. The number of nitrogens with one attached hydrogen (secondary N) is 1. The van der Waals surface area contributed by atoms with Gasteiger partial charge in [-0.15, -0.1) is 0 Å². The third-order valence-electron chi connectivity index (χ3n) is 3.10. The summed E-state index contributed by atoms with van der Waals surface area (Å²) in [7, 11) is 0. The molecule has 5 heteroatoms. The first-order chi connectivity index (χ1) is 9.65. The van der Waals surface area contributed by atoms with Crippen LogP contribution in [0.3, 0.4) is 0 Å². The third-order valence-corrected chi connectivity index (χ3v) is 4.28. The van der Waals surface area contributed by atoms with Gasteiger partial charge in [0.15, 0.2) is 5.13 Å². The van der Waals surface area contributed by atoms with Crippen LogP contribution in [0.25, 0.3) is 0 Å². The van der Waals surface area contributed by atoms with Crippen molar-refractivity contribution < 1.29 is 4.39 Å². The van der Waals surface area contributed by atoms with Crippen LogP contribution in [0.15, 0.2) is 24.3 Å². The molecule has 1 aromatic carbocycles. The minimum Gasteiger partial charge on any atom is -0.318 e. The molecule has 0 aliphatic rings. The van der Waals surface area contributed by atoms with Gasteiger partial charge in [0.1, 0.15) is 5.82 Å². The maximum Gasteiger partial charge on any atom is 0.190 e. The van der Waals surface area contributed by atoms with E-state index in [4.69, 9.17) is 0 Å². The molecule has 0 aliphatic carbocycles. The Balaban J connectivity index is 2.25. The molecule has 0 aliphatic heterocycles. The van der Waals surface area contributed by atoms with Crippen LogP contribution in [0.4, 0.5) is 15.2 Å². The van der Waals surface area contributed by atoms with Crippen LogP contribution < -0.4 is 10.2 Å². The second-order valence-corrected chi connectivity index (χ2v) is 5.57. The zero-order valence-electron chi connectivity index (χ0n) is 12.1. The van der Waals surface area contributed by atoms with E-state index in [1.54, 1.807) is 23.5 Å². The average molecular weight is 293 g/mol. The van der Waals surface area contributed by atoms with E-state index in [1.165, 1.54) is 17.0 Å². The van der Waals surface area contributed by atoms with E-state index < -0.39 is 0 Å². The molecule has 108 valence electrons. The number of aromatic nitrogens is 1. The number of nitrogens with zero attached hydrogens (tertiary/aromatic N) is 2. The van der Waals surface area contributed by atoms with Gasteiger partial charge < -0.3 is 10.2 Å². The summed E-state index contributed by atoms with van der Waals surface area (Å²) in [6.07, 6.45) is 0. The molecular formula is C15H20FN3S. The van der Waals surface area contributed by atoms with Crippen molar-refractivity contribution in [2.24, 2.45) is 0 Å². The Kier molecular flexibility index (Phi) is 5.09.